The first-order chi connectivity index (χ1) is 14.7. The number of carbonyl (C=O) groups is 2. The van der Waals surface area contributed by atoms with Crippen LogP contribution in [0.1, 0.15) is 74.1 Å². The van der Waals surface area contributed by atoms with Crippen molar-refractivity contribution in [3.8, 4) is 0 Å². The zero-order valence-corrected chi connectivity index (χ0v) is 23.1. The van der Waals surface area contributed by atoms with Gasteiger partial charge in [-0.25, -0.2) is 0 Å². The molecular formula is C25H46O4Si2. The Bertz CT molecular complexity index is 625. The van der Waals surface area contributed by atoms with Gasteiger partial charge in [0.15, 0.2) is 22.4 Å². The van der Waals surface area contributed by atoms with Crippen molar-refractivity contribution in [2.24, 2.45) is 0 Å². The summed E-state index contributed by atoms with van der Waals surface area (Å²) in [5.74, 6) is 0.488. The third-order valence-electron chi connectivity index (χ3n) is 7.36. The molecule has 0 fully saturated rings. The summed E-state index contributed by atoms with van der Waals surface area (Å²) in [5, 5.41) is 0. The molecule has 0 radical (unpaired) electrons. The first-order valence-corrected chi connectivity index (χ1v) is 17.4. The van der Waals surface area contributed by atoms with Gasteiger partial charge in [-0.3, -0.25) is 4.79 Å². The summed E-state index contributed by atoms with van der Waals surface area (Å²) in [7, 11) is -3.80. The highest BCUT2D eigenvalue weighted by Gasteiger charge is 2.44. The lowest BCUT2D eigenvalue weighted by atomic mass is 10.1. The highest BCUT2D eigenvalue weighted by molar-refractivity contribution is 6.76. The summed E-state index contributed by atoms with van der Waals surface area (Å²) >= 11 is 0. The molecule has 0 saturated heterocycles. The molecule has 2 unspecified atom stereocenters. The van der Waals surface area contributed by atoms with E-state index in [9.17, 15) is 9.59 Å². The van der Waals surface area contributed by atoms with Gasteiger partial charge in [0.25, 0.3) is 0 Å². The Kier molecular flexibility index (Phi) is 12.4. The first-order valence-electron chi connectivity index (χ1n) is 12.4. The molecule has 1 rings (SSSR count). The van der Waals surface area contributed by atoms with Crippen LogP contribution >= 0.6 is 0 Å². The van der Waals surface area contributed by atoms with Crippen molar-refractivity contribution in [3.05, 3.63) is 23.8 Å². The van der Waals surface area contributed by atoms with Crippen molar-refractivity contribution in [1.82, 2.24) is 0 Å². The van der Waals surface area contributed by atoms with E-state index in [-0.39, 0.29) is 23.2 Å². The Balaban J connectivity index is 2.82. The van der Waals surface area contributed by atoms with Crippen LogP contribution < -0.4 is 0 Å². The molecule has 2 atom stereocenters. The second kappa shape index (κ2) is 13.7. The Morgan fingerprint density at radius 3 is 2.16 bits per heavy atom. The quantitative estimate of drug-likeness (QED) is 0.140. The molecule has 0 N–H and O–H groups in total. The van der Waals surface area contributed by atoms with Crippen LogP contribution in [0.15, 0.2) is 23.8 Å². The van der Waals surface area contributed by atoms with E-state index in [1.165, 1.54) is 0 Å². The molecule has 0 aromatic rings. The van der Waals surface area contributed by atoms with Crippen LogP contribution in [0.4, 0.5) is 0 Å². The summed E-state index contributed by atoms with van der Waals surface area (Å²) < 4.78 is 13.2. The Morgan fingerprint density at radius 2 is 1.65 bits per heavy atom. The predicted molar refractivity (Wildman–Crippen MR) is 136 cm³/mol. The van der Waals surface area contributed by atoms with Gasteiger partial charge in [0.05, 0.1) is 6.10 Å². The van der Waals surface area contributed by atoms with Gasteiger partial charge in [-0.2, -0.15) is 0 Å². The molecule has 178 valence electrons. The fourth-order valence-corrected chi connectivity index (χ4v) is 11.3. The SMILES string of the molecule is CC[Si](CC)(CC)OC1C=C(C(C)[Si](CC)(CC)OCC/C=C\CCC(C)=O)C(=O)C1. The lowest BCUT2D eigenvalue weighted by Gasteiger charge is -2.35. The van der Waals surface area contributed by atoms with Gasteiger partial charge in [0.2, 0.25) is 0 Å². The van der Waals surface area contributed by atoms with Crippen molar-refractivity contribution >= 4 is 28.2 Å². The fourth-order valence-electron chi connectivity index (χ4n) is 4.76. The molecular weight excluding hydrogens is 420 g/mol. The van der Waals surface area contributed by atoms with E-state index in [1.54, 1.807) is 6.92 Å². The highest BCUT2D eigenvalue weighted by atomic mass is 28.4. The van der Waals surface area contributed by atoms with Crippen LogP contribution in [0.25, 0.3) is 0 Å². The number of hydrogen-bond acceptors (Lipinski definition) is 4. The summed E-state index contributed by atoms with van der Waals surface area (Å²) in [6, 6.07) is 5.33. The third-order valence-corrected chi connectivity index (χ3v) is 17.1. The second-order valence-corrected chi connectivity index (χ2v) is 18.4. The van der Waals surface area contributed by atoms with Gasteiger partial charge in [0, 0.05) is 25.0 Å². The zero-order valence-electron chi connectivity index (χ0n) is 21.1. The van der Waals surface area contributed by atoms with Gasteiger partial charge in [-0.15, -0.1) is 0 Å². The summed E-state index contributed by atoms with van der Waals surface area (Å²) in [5.41, 5.74) is 1.15. The standard InChI is InChI=1S/C25H46O4Si2/c1-8-30(9-2,10-3)29-23-19-24(25(27)20-23)22(7)31(11-4,12-5)28-18-16-14-13-15-17-21(6)26/h13-14,19,22-23H,8-12,15-18,20H2,1-7H3/b14-13-. The van der Waals surface area contributed by atoms with Crippen molar-refractivity contribution in [2.75, 3.05) is 6.61 Å². The predicted octanol–water partition coefficient (Wildman–Crippen LogP) is 6.98. The number of allylic oxidation sites excluding steroid dienone is 2. The van der Waals surface area contributed by atoms with Gasteiger partial charge >= 0.3 is 0 Å². The maximum Gasteiger partial charge on any atom is 0.199 e. The van der Waals surface area contributed by atoms with Gasteiger partial charge in [-0.05, 0) is 61.6 Å². The molecule has 1 aliphatic rings. The smallest absolute Gasteiger partial charge is 0.199 e. The van der Waals surface area contributed by atoms with E-state index in [2.05, 4.69) is 59.8 Å². The van der Waals surface area contributed by atoms with Crippen molar-refractivity contribution in [2.45, 2.75) is 116 Å². The molecule has 4 nitrogen and oxygen atoms in total. The number of rotatable bonds is 16. The van der Waals surface area contributed by atoms with Crippen LogP contribution in [0.5, 0.6) is 0 Å². The lowest BCUT2D eigenvalue weighted by molar-refractivity contribution is -0.117. The Labute approximate surface area is 193 Å². The normalized spacial score (nSPS) is 18.6. The van der Waals surface area contributed by atoms with E-state index in [4.69, 9.17) is 8.85 Å². The monoisotopic (exact) mass is 466 g/mol. The topological polar surface area (TPSA) is 52.6 Å². The van der Waals surface area contributed by atoms with Gasteiger partial charge in [-0.1, -0.05) is 53.7 Å². The highest BCUT2D eigenvalue weighted by Crippen LogP contribution is 2.40. The average Bonchev–Trinajstić information content (AvgIpc) is 3.13. The molecule has 0 aliphatic heterocycles. The first kappa shape index (κ1) is 28.2. The molecule has 0 heterocycles. The van der Waals surface area contributed by atoms with Crippen LogP contribution in [0, 0.1) is 0 Å². The molecule has 6 heteroatoms. The summed E-state index contributed by atoms with van der Waals surface area (Å²) in [6.45, 7) is 15.7. The summed E-state index contributed by atoms with van der Waals surface area (Å²) in [4.78, 5) is 24.0. The van der Waals surface area contributed by atoms with Crippen molar-refractivity contribution in [3.63, 3.8) is 0 Å². The van der Waals surface area contributed by atoms with E-state index in [0.29, 0.717) is 19.4 Å². The maximum atomic E-state index is 13.0. The molecule has 31 heavy (non-hydrogen) atoms. The Hall–Kier alpha value is -0.826. The number of carbonyl (C=O) groups excluding carboxylic acids is 2. The van der Waals surface area contributed by atoms with Crippen LogP contribution in [-0.4, -0.2) is 40.9 Å². The van der Waals surface area contributed by atoms with E-state index in [0.717, 1.165) is 48.6 Å². The largest absolute Gasteiger partial charge is 0.416 e. The van der Waals surface area contributed by atoms with E-state index in [1.807, 2.05) is 0 Å². The van der Waals surface area contributed by atoms with Crippen molar-refractivity contribution < 1.29 is 18.4 Å². The molecule has 1 aliphatic carbocycles. The lowest BCUT2D eigenvalue weighted by Crippen LogP contribution is -2.42. The third kappa shape index (κ3) is 7.91. The van der Waals surface area contributed by atoms with E-state index >= 15 is 0 Å². The number of hydrogen-bond donors (Lipinski definition) is 0. The van der Waals surface area contributed by atoms with Crippen LogP contribution in [-0.2, 0) is 18.4 Å². The minimum absolute atomic E-state index is 0.0407. The Morgan fingerprint density at radius 1 is 1.06 bits per heavy atom. The van der Waals surface area contributed by atoms with Gasteiger partial charge in [0.1, 0.15) is 5.78 Å². The number of Topliss-reactive ketones (excluding diaryl/α,β-unsaturated/α-hetero) is 2. The van der Waals surface area contributed by atoms with Crippen LogP contribution in [0.2, 0.25) is 35.8 Å². The summed E-state index contributed by atoms with van der Waals surface area (Å²) in [6.07, 6.45) is 9.07. The molecule has 0 bridgehead atoms. The molecule has 0 amide bonds. The van der Waals surface area contributed by atoms with Gasteiger partial charge < -0.3 is 13.6 Å². The molecule has 0 spiro atoms. The zero-order chi connectivity index (χ0) is 23.5. The molecule has 0 aromatic carbocycles. The maximum absolute atomic E-state index is 13.0. The average molecular weight is 467 g/mol. The molecule has 0 saturated carbocycles. The van der Waals surface area contributed by atoms with Crippen molar-refractivity contribution in [1.29, 1.82) is 0 Å². The fraction of sp³-hybridized carbons (Fsp3) is 0.760. The number of ketones is 2. The molecule has 0 aromatic heterocycles. The minimum Gasteiger partial charge on any atom is -0.416 e. The minimum atomic E-state index is -2.07. The van der Waals surface area contributed by atoms with E-state index < -0.39 is 16.6 Å². The second-order valence-electron chi connectivity index (χ2n) is 8.99. The van der Waals surface area contributed by atoms with Crippen LogP contribution in [0.3, 0.4) is 0 Å².